The van der Waals surface area contributed by atoms with Crippen LogP contribution in [-0.4, -0.2) is 43.3 Å². The van der Waals surface area contributed by atoms with Gasteiger partial charge < -0.3 is 10.5 Å². The summed E-state index contributed by atoms with van der Waals surface area (Å²) in [5.74, 6) is 0.564. The number of ether oxygens (including phenoxy) is 1. The van der Waals surface area contributed by atoms with Gasteiger partial charge in [0, 0.05) is 32.3 Å². The minimum absolute atomic E-state index is 0.292. The number of hydrogen-bond donors (Lipinski definition) is 1. The molecule has 0 aliphatic carbocycles. The lowest BCUT2D eigenvalue weighted by Gasteiger charge is -2.26. The summed E-state index contributed by atoms with van der Waals surface area (Å²) in [6.45, 7) is 10.6. The summed E-state index contributed by atoms with van der Waals surface area (Å²) in [5.41, 5.74) is 6.06. The van der Waals surface area contributed by atoms with Crippen molar-refractivity contribution in [2.24, 2.45) is 11.7 Å². The van der Waals surface area contributed by atoms with Gasteiger partial charge in [-0.05, 0) is 19.3 Å². The summed E-state index contributed by atoms with van der Waals surface area (Å²) in [6.07, 6.45) is 1.49. The first-order valence-electron chi connectivity index (χ1n) is 5.69. The van der Waals surface area contributed by atoms with E-state index in [2.05, 4.69) is 25.7 Å². The molecule has 1 fully saturated rings. The third-order valence-electron chi connectivity index (χ3n) is 2.86. The molecular formula is C11H24N2O. The van der Waals surface area contributed by atoms with Crippen LogP contribution in [0.4, 0.5) is 0 Å². The van der Waals surface area contributed by atoms with Crippen molar-refractivity contribution in [2.75, 3.05) is 26.2 Å². The molecule has 84 valence electrons. The van der Waals surface area contributed by atoms with Gasteiger partial charge >= 0.3 is 0 Å². The maximum absolute atomic E-state index is 6.06. The molecule has 0 aromatic carbocycles. The zero-order chi connectivity index (χ0) is 10.6. The second-order valence-corrected chi connectivity index (χ2v) is 4.70. The topological polar surface area (TPSA) is 38.5 Å². The fourth-order valence-corrected chi connectivity index (χ4v) is 1.76. The van der Waals surface area contributed by atoms with Gasteiger partial charge in [0.25, 0.3) is 0 Å². The summed E-state index contributed by atoms with van der Waals surface area (Å²) >= 11 is 0. The Kier molecular flexibility index (Phi) is 4.85. The Morgan fingerprint density at radius 3 is 2.86 bits per heavy atom. The van der Waals surface area contributed by atoms with Crippen molar-refractivity contribution >= 4 is 0 Å². The van der Waals surface area contributed by atoms with Gasteiger partial charge in [0.05, 0.1) is 6.10 Å². The van der Waals surface area contributed by atoms with Gasteiger partial charge in [0.1, 0.15) is 0 Å². The lowest BCUT2D eigenvalue weighted by atomic mass is 10.0. The number of hydrogen-bond acceptors (Lipinski definition) is 3. The van der Waals surface area contributed by atoms with Crippen molar-refractivity contribution in [2.45, 2.75) is 39.3 Å². The highest BCUT2D eigenvalue weighted by molar-refractivity contribution is 4.74. The standard InChI is InChI=1S/C11H24N2O/c1-9(2)11(12)8-13-5-4-6-14-10(3)7-13/h9-11H,4-8,12H2,1-3H3. The molecule has 0 radical (unpaired) electrons. The molecule has 1 aliphatic rings. The zero-order valence-electron chi connectivity index (χ0n) is 9.70. The lowest BCUT2D eigenvalue weighted by Crippen LogP contribution is -2.42. The predicted molar refractivity (Wildman–Crippen MR) is 59.3 cm³/mol. The van der Waals surface area contributed by atoms with E-state index in [9.17, 15) is 0 Å². The third-order valence-corrected chi connectivity index (χ3v) is 2.86. The Hall–Kier alpha value is -0.120. The van der Waals surface area contributed by atoms with Gasteiger partial charge in [0.15, 0.2) is 0 Å². The highest BCUT2D eigenvalue weighted by Crippen LogP contribution is 2.08. The van der Waals surface area contributed by atoms with E-state index in [1.807, 2.05) is 0 Å². The van der Waals surface area contributed by atoms with Crippen molar-refractivity contribution in [3.8, 4) is 0 Å². The monoisotopic (exact) mass is 200 g/mol. The Morgan fingerprint density at radius 1 is 1.50 bits per heavy atom. The van der Waals surface area contributed by atoms with Crippen molar-refractivity contribution in [3.63, 3.8) is 0 Å². The van der Waals surface area contributed by atoms with E-state index in [-0.39, 0.29) is 0 Å². The quantitative estimate of drug-likeness (QED) is 0.741. The molecule has 14 heavy (non-hydrogen) atoms. The van der Waals surface area contributed by atoms with Gasteiger partial charge in [-0.1, -0.05) is 13.8 Å². The predicted octanol–water partition coefficient (Wildman–Crippen LogP) is 1.08. The first-order chi connectivity index (χ1) is 6.59. The van der Waals surface area contributed by atoms with Crippen LogP contribution in [0.3, 0.4) is 0 Å². The van der Waals surface area contributed by atoms with Crippen LogP contribution in [0.5, 0.6) is 0 Å². The van der Waals surface area contributed by atoms with Crippen molar-refractivity contribution < 1.29 is 4.74 Å². The van der Waals surface area contributed by atoms with Crippen LogP contribution in [0.25, 0.3) is 0 Å². The van der Waals surface area contributed by atoms with Crippen molar-refractivity contribution in [1.82, 2.24) is 4.90 Å². The van der Waals surface area contributed by atoms with Gasteiger partial charge in [-0.25, -0.2) is 0 Å². The van der Waals surface area contributed by atoms with E-state index >= 15 is 0 Å². The Morgan fingerprint density at radius 2 is 2.21 bits per heavy atom. The minimum Gasteiger partial charge on any atom is -0.377 e. The molecule has 0 bridgehead atoms. The molecule has 0 aromatic rings. The third kappa shape index (κ3) is 3.95. The Labute approximate surface area is 87.6 Å². The van der Waals surface area contributed by atoms with Crippen LogP contribution in [0.15, 0.2) is 0 Å². The van der Waals surface area contributed by atoms with Crippen LogP contribution in [0.2, 0.25) is 0 Å². The van der Waals surface area contributed by atoms with Crippen LogP contribution >= 0.6 is 0 Å². The van der Waals surface area contributed by atoms with E-state index < -0.39 is 0 Å². The van der Waals surface area contributed by atoms with E-state index in [0.29, 0.717) is 18.1 Å². The maximum Gasteiger partial charge on any atom is 0.0673 e. The fourth-order valence-electron chi connectivity index (χ4n) is 1.76. The molecule has 1 saturated heterocycles. The minimum atomic E-state index is 0.292. The van der Waals surface area contributed by atoms with Crippen LogP contribution in [-0.2, 0) is 4.74 Å². The van der Waals surface area contributed by atoms with E-state index in [0.717, 1.165) is 32.7 Å². The molecule has 1 heterocycles. The average molecular weight is 200 g/mol. The molecule has 3 heteroatoms. The Balaban J connectivity index is 2.34. The van der Waals surface area contributed by atoms with Crippen molar-refractivity contribution in [3.05, 3.63) is 0 Å². The SMILES string of the molecule is CC1CN(CC(N)C(C)C)CCCO1. The summed E-state index contributed by atoms with van der Waals surface area (Å²) < 4.78 is 5.59. The molecule has 2 unspecified atom stereocenters. The average Bonchev–Trinajstić information content (AvgIpc) is 2.29. The van der Waals surface area contributed by atoms with E-state index in [4.69, 9.17) is 10.5 Å². The number of nitrogens with zero attached hydrogens (tertiary/aromatic N) is 1. The van der Waals surface area contributed by atoms with Gasteiger partial charge in [-0.3, -0.25) is 4.90 Å². The van der Waals surface area contributed by atoms with Gasteiger partial charge in [0.2, 0.25) is 0 Å². The van der Waals surface area contributed by atoms with Crippen LogP contribution in [0.1, 0.15) is 27.2 Å². The van der Waals surface area contributed by atoms with E-state index in [1.54, 1.807) is 0 Å². The first-order valence-corrected chi connectivity index (χ1v) is 5.69. The smallest absolute Gasteiger partial charge is 0.0673 e. The summed E-state index contributed by atoms with van der Waals surface area (Å²) in [4.78, 5) is 2.43. The Bertz CT molecular complexity index is 161. The summed E-state index contributed by atoms with van der Waals surface area (Å²) in [5, 5.41) is 0. The fraction of sp³-hybridized carbons (Fsp3) is 1.00. The molecule has 2 atom stereocenters. The molecule has 0 spiro atoms. The first kappa shape index (κ1) is 12.0. The maximum atomic E-state index is 6.06. The molecular weight excluding hydrogens is 176 g/mol. The van der Waals surface area contributed by atoms with Crippen LogP contribution < -0.4 is 5.73 Å². The normalized spacial score (nSPS) is 27.6. The molecule has 1 rings (SSSR count). The van der Waals surface area contributed by atoms with Crippen molar-refractivity contribution in [1.29, 1.82) is 0 Å². The zero-order valence-corrected chi connectivity index (χ0v) is 9.70. The van der Waals surface area contributed by atoms with Crippen LogP contribution in [0, 0.1) is 5.92 Å². The van der Waals surface area contributed by atoms with E-state index in [1.165, 1.54) is 0 Å². The van der Waals surface area contributed by atoms with Gasteiger partial charge in [-0.15, -0.1) is 0 Å². The second-order valence-electron chi connectivity index (χ2n) is 4.70. The lowest BCUT2D eigenvalue weighted by molar-refractivity contribution is 0.0663. The summed E-state index contributed by atoms with van der Waals surface area (Å²) in [7, 11) is 0. The molecule has 0 saturated carbocycles. The molecule has 0 aromatic heterocycles. The summed E-state index contributed by atoms with van der Waals surface area (Å²) in [6, 6.07) is 0.292. The molecule has 3 nitrogen and oxygen atoms in total. The molecule has 0 amide bonds. The molecule has 2 N–H and O–H groups in total. The number of rotatable bonds is 3. The molecule has 1 aliphatic heterocycles. The largest absolute Gasteiger partial charge is 0.377 e. The highest BCUT2D eigenvalue weighted by atomic mass is 16.5. The van der Waals surface area contributed by atoms with Gasteiger partial charge in [-0.2, -0.15) is 0 Å². The second kappa shape index (κ2) is 5.69. The highest BCUT2D eigenvalue weighted by Gasteiger charge is 2.18. The number of nitrogens with two attached hydrogens (primary N) is 1.